The molecule has 3 rings (SSSR count). The van der Waals surface area contributed by atoms with Gasteiger partial charge in [0.25, 0.3) is 0 Å². The SMILES string of the molecule is Cc1cccc(P(=O)(c2cccc(C)c2)c2ccccc2C=O)c1. The Hall–Kier alpha value is -2.44. The molecule has 2 nitrogen and oxygen atoms in total. The number of aldehydes is 1. The number of rotatable bonds is 4. The van der Waals surface area contributed by atoms with E-state index in [2.05, 4.69) is 0 Å². The van der Waals surface area contributed by atoms with Crippen LogP contribution < -0.4 is 15.9 Å². The lowest BCUT2D eigenvalue weighted by Crippen LogP contribution is -2.27. The first-order valence-electron chi connectivity index (χ1n) is 7.85. The van der Waals surface area contributed by atoms with E-state index in [1.54, 1.807) is 18.2 Å². The maximum absolute atomic E-state index is 14.3. The predicted molar refractivity (Wildman–Crippen MR) is 101 cm³/mol. The summed E-state index contributed by atoms with van der Waals surface area (Å²) in [5, 5.41) is 2.10. The van der Waals surface area contributed by atoms with Crippen LogP contribution in [-0.2, 0) is 4.57 Å². The highest BCUT2D eigenvalue weighted by Gasteiger charge is 2.31. The molecule has 0 aliphatic rings. The van der Waals surface area contributed by atoms with Gasteiger partial charge in [0.15, 0.2) is 13.4 Å². The molecule has 3 aromatic rings. The molecule has 0 N–H and O–H groups in total. The molecule has 0 aliphatic carbocycles. The highest BCUT2D eigenvalue weighted by atomic mass is 31.2. The average Bonchev–Trinajstić information content (AvgIpc) is 2.61. The maximum Gasteiger partial charge on any atom is 0.171 e. The number of benzene rings is 3. The van der Waals surface area contributed by atoms with Crippen molar-refractivity contribution < 1.29 is 9.36 Å². The van der Waals surface area contributed by atoms with Crippen molar-refractivity contribution in [3.63, 3.8) is 0 Å². The molecular weight excluding hydrogens is 315 g/mol. The van der Waals surface area contributed by atoms with E-state index in [0.29, 0.717) is 10.9 Å². The summed E-state index contributed by atoms with van der Waals surface area (Å²) < 4.78 is 14.3. The zero-order valence-electron chi connectivity index (χ0n) is 13.8. The third-order valence-electron chi connectivity index (χ3n) is 4.13. The van der Waals surface area contributed by atoms with Gasteiger partial charge >= 0.3 is 0 Å². The predicted octanol–water partition coefficient (Wildman–Crippen LogP) is 3.76. The lowest BCUT2D eigenvalue weighted by Gasteiger charge is -2.22. The van der Waals surface area contributed by atoms with Crippen LogP contribution in [0.4, 0.5) is 0 Å². The van der Waals surface area contributed by atoms with Crippen LogP contribution in [0.25, 0.3) is 0 Å². The van der Waals surface area contributed by atoms with Crippen molar-refractivity contribution in [2.75, 3.05) is 0 Å². The Bertz CT molecular complexity index is 894. The van der Waals surface area contributed by atoms with Crippen molar-refractivity contribution in [1.29, 1.82) is 0 Å². The molecule has 0 fully saturated rings. The number of hydrogen-bond donors (Lipinski definition) is 0. The minimum Gasteiger partial charge on any atom is -0.309 e. The van der Waals surface area contributed by atoms with Crippen LogP contribution in [-0.4, -0.2) is 6.29 Å². The average molecular weight is 334 g/mol. The van der Waals surface area contributed by atoms with E-state index in [0.717, 1.165) is 28.0 Å². The summed E-state index contributed by atoms with van der Waals surface area (Å²) >= 11 is 0. The zero-order valence-corrected chi connectivity index (χ0v) is 14.7. The molecule has 24 heavy (non-hydrogen) atoms. The van der Waals surface area contributed by atoms with Crippen LogP contribution in [0.15, 0.2) is 72.8 Å². The maximum atomic E-state index is 14.3. The number of aryl methyl sites for hydroxylation is 2. The molecule has 0 spiro atoms. The summed E-state index contributed by atoms with van der Waals surface area (Å²) in [7, 11) is -3.12. The second-order valence-corrected chi connectivity index (χ2v) is 8.70. The van der Waals surface area contributed by atoms with Crippen molar-refractivity contribution in [2.45, 2.75) is 13.8 Å². The van der Waals surface area contributed by atoms with Crippen LogP contribution >= 0.6 is 7.14 Å². The van der Waals surface area contributed by atoms with Crippen LogP contribution in [0, 0.1) is 13.8 Å². The molecule has 3 heteroatoms. The van der Waals surface area contributed by atoms with Gasteiger partial charge in [0.1, 0.15) is 0 Å². The van der Waals surface area contributed by atoms with Crippen molar-refractivity contribution in [3.05, 3.63) is 89.5 Å². The smallest absolute Gasteiger partial charge is 0.171 e. The van der Waals surface area contributed by atoms with Gasteiger partial charge in [-0.15, -0.1) is 0 Å². The minimum atomic E-state index is -3.12. The molecule has 0 amide bonds. The highest BCUT2D eigenvalue weighted by Crippen LogP contribution is 2.43. The molecule has 3 aromatic carbocycles. The Labute approximate surface area is 142 Å². The lowest BCUT2D eigenvalue weighted by atomic mass is 10.2. The van der Waals surface area contributed by atoms with E-state index in [1.807, 2.05) is 68.4 Å². The van der Waals surface area contributed by atoms with E-state index in [-0.39, 0.29) is 0 Å². The van der Waals surface area contributed by atoms with Crippen molar-refractivity contribution in [1.82, 2.24) is 0 Å². The quantitative estimate of drug-likeness (QED) is 0.538. The van der Waals surface area contributed by atoms with Crippen LogP contribution in [0.5, 0.6) is 0 Å². The summed E-state index contributed by atoms with van der Waals surface area (Å²) in [5.74, 6) is 0. The number of carbonyl (C=O) groups excluding carboxylic acids is 1. The fourth-order valence-corrected chi connectivity index (χ4v) is 5.95. The molecule has 0 saturated heterocycles. The minimum absolute atomic E-state index is 0.476. The van der Waals surface area contributed by atoms with Crippen molar-refractivity contribution in [3.8, 4) is 0 Å². The van der Waals surface area contributed by atoms with Crippen LogP contribution in [0.2, 0.25) is 0 Å². The Kier molecular flexibility index (Phi) is 4.51. The van der Waals surface area contributed by atoms with Gasteiger partial charge in [0, 0.05) is 21.5 Å². The first kappa shape index (κ1) is 16.4. The van der Waals surface area contributed by atoms with Gasteiger partial charge in [-0.2, -0.15) is 0 Å². The molecule has 120 valence electrons. The molecule has 0 unspecified atom stereocenters. The summed E-state index contributed by atoms with van der Waals surface area (Å²) in [6, 6.07) is 22.6. The second kappa shape index (κ2) is 6.59. The third kappa shape index (κ3) is 2.86. The van der Waals surface area contributed by atoms with Crippen molar-refractivity contribution in [2.24, 2.45) is 0 Å². The summed E-state index contributed by atoms with van der Waals surface area (Å²) in [6.07, 6.45) is 0.785. The molecular formula is C21H19O2P. The Morgan fingerprint density at radius 2 is 1.29 bits per heavy atom. The monoisotopic (exact) mass is 334 g/mol. The molecule has 0 radical (unpaired) electrons. The van der Waals surface area contributed by atoms with Gasteiger partial charge in [0.2, 0.25) is 0 Å². The van der Waals surface area contributed by atoms with E-state index >= 15 is 0 Å². The Balaban J connectivity index is 2.37. The number of carbonyl (C=O) groups is 1. The summed E-state index contributed by atoms with van der Waals surface area (Å²) in [4.78, 5) is 11.5. The molecule has 0 aliphatic heterocycles. The van der Waals surface area contributed by atoms with E-state index in [9.17, 15) is 9.36 Å². The lowest BCUT2D eigenvalue weighted by molar-refractivity contribution is 0.112. The van der Waals surface area contributed by atoms with E-state index < -0.39 is 7.14 Å². The fourth-order valence-electron chi connectivity index (χ4n) is 2.95. The largest absolute Gasteiger partial charge is 0.309 e. The fraction of sp³-hybridized carbons (Fsp3) is 0.0952. The van der Waals surface area contributed by atoms with Crippen molar-refractivity contribution >= 4 is 29.3 Å². The van der Waals surface area contributed by atoms with Gasteiger partial charge in [-0.3, -0.25) is 4.79 Å². The standard InChI is InChI=1S/C21H19O2P/c1-16-7-5-10-19(13-16)24(23,20-11-6-8-17(2)14-20)21-12-4-3-9-18(21)15-22/h3-15H,1-2H3. The van der Waals surface area contributed by atoms with Crippen LogP contribution in [0.3, 0.4) is 0 Å². The molecule has 0 aromatic heterocycles. The normalized spacial score (nSPS) is 11.2. The summed E-state index contributed by atoms with van der Waals surface area (Å²) in [5.41, 5.74) is 2.57. The van der Waals surface area contributed by atoms with Gasteiger partial charge in [-0.25, -0.2) is 0 Å². The third-order valence-corrected chi connectivity index (χ3v) is 7.23. The molecule has 0 saturated carbocycles. The van der Waals surface area contributed by atoms with Gasteiger partial charge in [0.05, 0.1) is 0 Å². The van der Waals surface area contributed by atoms with Gasteiger partial charge < -0.3 is 4.57 Å². The van der Waals surface area contributed by atoms with Gasteiger partial charge in [-0.1, -0.05) is 71.8 Å². The first-order valence-corrected chi connectivity index (χ1v) is 9.55. The molecule has 0 atom stereocenters. The molecule has 0 bridgehead atoms. The molecule has 0 heterocycles. The van der Waals surface area contributed by atoms with E-state index in [4.69, 9.17) is 0 Å². The first-order chi connectivity index (χ1) is 11.6. The van der Waals surface area contributed by atoms with Crippen LogP contribution in [0.1, 0.15) is 21.5 Å². The highest BCUT2D eigenvalue weighted by molar-refractivity contribution is 7.85. The Morgan fingerprint density at radius 1 is 0.750 bits per heavy atom. The topological polar surface area (TPSA) is 34.1 Å². The summed E-state index contributed by atoms with van der Waals surface area (Å²) in [6.45, 7) is 3.96. The zero-order chi connectivity index (χ0) is 17.2. The van der Waals surface area contributed by atoms with E-state index in [1.165, 1.54) is 0 Å². The number of hydrogen-bond acceptors (Lipinski definition) is 2. The van der Waals surface area contributed by atoms with Gasteiger partial charge in [-0.05, 0) is 26.0 Å². The second-order valence-electron chi connectivity index (χ2n) is 5.96. The Morgan fingerprint density at radius 3 is 1.79 bits per heavy atom.